The number of morpholine rings is 1. The van der Waals surface area contributed by atoms with Crippen LogP contribution in [0.5, 0.6) is 11.5 Å². The number of amides is 1. The maximum absolute atomic E-state index is 13.7. The van der Waals surface area contributed by atoms with Crippen LogP contribution in [0, 0.1) is 6.92 Å². The largest absolute Gasteiger partial charge is 0.485 e. The van der Waals surface area contributed by atoms with Gasteiger partial charge in [-0.2, -0.15) is 0 Å². The van der Waals surface area contributed by atoms with Gasteiger partial charge in [-0.05, 0) is 37.1 Å². The number of aryl methyl sites for hydroxylation is 1. The minimum Gasteiger partial charge on any atom is -0.485 e. The zero-order valence-corrected chi connectivity index (χ0v) is 20.0. The van der Waals surface area contributed by atoms with Crippen LogP contribution in [0.4, 0.5) is 5.13 Å². The second-order valence-electron chi connectivity index (χ2n) is 8.20. The van der Waals surface area contributed by atoms with Crippen LogP contribution in [-0.4, -0.2) is 67.9 Å². The van der Waals surface area contributed by atoms with Crippen molar-refractivity contribution in [1.82, 2.24) is 9.88 Å². The summed E-state index contributed by atoms with van der Waals surface area (Å²) in [5.41, 5.74) is 1.86. The lowest BCUT2D eigenvalue weighted by molar-refractivity contribution is -0.127. The van der Waals surface area contributed by atoms with E-state index in [-0.39, 0.29) is 12.5 Å². The Labute approximate surface area is 201 Å². The third kappa shape index (κ3) is 4.80. The van der Waals surface area contributed by atoms with E-state index < -0.39 is 6.10 Å². The molecule has 3 heterocycles. The van der Waals surface area contributed by atoms with Gasteiger partial charge in [0, 0.05) is 26.2 Å². The number of carbonyl (C=O) groups excluding carboxylic acids is 1. The van der Waals surface area contributed by atoms with Crippen LogP contribution in [0.25, 0.3) is 10.2 Å². The summed E-state index contributed by atoms with van der Waals surface area (Å²) in [5.74, 6) is 1.08. The molecule has 1 amide bonds. The van der Waals surface area contributed by atoms with Gasteiger partial charge in [0.05, 0.1) is 28.5 Å². The number of para-hydroxylation sites is 2. The number of carbonyl (C=O) groups is 1. The molecule has 3 aromatic rings. The van der Waals surface area contributed by atoms with Gasteiger partial charge in [-0.25, -0.2) is 4.98 Å². The number of rotatable bonds is 6. The first-order chi connectivity index (χ1) is 16.1. The van der Waals surface area contributed by atoms with E-state index in [0.717, 1.165) is 55.0 Å². The average Bonchev–Trinajstić information content (AvgIpc) is 3.31. The van der Waals surface area contributed by atoms with Gasteiger partial charge in [0.25, 0.3) is 5.91 Å². The van der Waals surface area contributed by atoms with Gasteiger partial charge in [-0.1, -0.05) is 41.1 Å². The summed E-state index contributed by atoms with van der Waals surface area (Å²) in [6.07, 6.45) is 0.0882. The third-order valence-electron chi connectivity index (χ3n) is 5.93. The predicted octanol–water partition coefficient (Wildman–Crippen LogP) is 4.15. The Morgan fingerprint density at radius 2 is 2.00 bits per heavy atom. The van der Waals surface area contributed by atoms with Crippen molar-refractivity contribution >= 4 is 44.2 Å². The van der Waals surface area contributed by atoms with Gasteiger partial charge in [-0.15, -0.1) is 0 Å². The maximum Gasteiger partial charge on any atom is 0.273 e. The zero-order valence-electron chi connectivity index (χ0n) is 18.5. The highest BCUT2D eigenvalue weighted by molar-refractivity contribution is 7.23. The van der Waals surface area contributed by atoms with Gasteiger partial charge >= 0.3 is 0 Å². The summed E-state index contributed by atoms with van der Waals surface area (Å²) in [6, 6.07) is 11.2. The number of halogens is 1. The second kappa shape index (κ2) is 9.85. The molecule has 1 atom stereocenters. The number of benzene rings is 2. The van der Waals surface area contributed by atoms with E-state index in [1.165, 1.54) is 11.3 Å². The smallest absolute Gasteiger partial charge is 0.273 e. The summed E-state index contributed by atoms with van der Waals surface area (Å²) in [6.45, 7) is 6.94. The second-order valence-corrected chi connectivity index (χ2v) is 9.58. The van der Waals surface area contributed by atoms with Crippen molar-refractivity contribution in [2.45, 2.75) is 19.4 Å². The first-order valence-electron chi connectivity index (χ1n) is 11.2. The van der Waals surface area contributed by atoms with E-state index in [1.54, 1.807) is 4.90 Å². The molecule has 7 nitrogen and oxygen atoms in total. The fourth-order valence-corrected chi connectivity index (χ4v) is 5.45. The molecule has 1 saturated heterocycles. The Bertz CT molecular complexity index is 1110. The van der Waals surface area contributed by atoms with Crippen molar-refractivity contribution in [2.75, 3.05) is 50.9 Å². The number of thiazole rings is 1. The first-order valence-corrected chi connectivity index (χ1v) is 12.4. The van der Waals surface area contributed by atoms with Crippen molar-refractivity contribution < 1.29 is 19.0 Å². The van der Waals surface area contributed by atoms with Crippen LogP contribution in [0.15, 0.2) is 36.4 Å². The molecule has 1 unspecified atom stereocenters. The molecule has 0 bridgehead atoms. The van der Waals surface area contributed by atoms with E-state index in [2.05, 4.69) is 4.90 Å². The summed E-state index contributed by atoms with van der Waals surface area (Å²) >= 11 is 7.88. The summed E-state index contributed by atoms with van der Waals surface area (Å²) in [7, 11) is 0. The quantitative estimate of drug-likeness (QED) is 0.520. The third-order valence-corrected chi connectivity index (χ3v) is 7.47. The number of hydrogen-bond donors (Lipinski definition) is 0. The standard InChI is InChI=1S/C24H26ClN3O4S/c1-16-7-8-17(25)22-21(16)26-24(33-22)28(10-4-9-27-11-13-30-14-12-27)23(29)20-15-31-18-5-2-3-6-19(18)32-20/h2-3,5-8,20H,4,9-15H2,1H3. The minimum atomic E-state index is -0.730. The van der Waals surface area contributed by atoms with Crippen molar-refractivity contribution in [1.29, 1.82) is 0 Å². The Morgan fingerprint density at radius 3 is 2.79 bits per heavy atom. The molecule has 2 aromatic carbocycles. The number of anilines is 1. The van der Waals surface area contributed by atoms with Crippen LogP contribution >= 0.6 is 22.9 Å². The van der Waals surface area contributed by atoms with Crippen molar-refractivity contribution in [3.05, 3.63) is 47.0 Å². The van der Waals surface area contributed by atoms with E-state index in [0.29, 0.717) is 28.2 Å². The molecule has 0 aliphatic carbocycles. The van der Waals surface area contributed by atoms with Gasteiger partial charge < -0.3 is 14.2 Å². The monoisotopic (exact) mass is 487 g/mol. The Morgan fingerprint density at radius 1 is 1.21 bits per heavy atom. The summed E-state index contributed by atoms with van der Waals surface area (Å²) in [4.78, 5) is 22.6. The molecule has 5 rings (SSSR count). The number of hydrogen-bond acceptors (Lipinski definition) is 7. The molecule has 2 aliphatic heterocycles. The lowest BCUT2D eigenvalue weighted by Gasteiger charge is -2.31. The van der Waals surface area contributed by atoms with Crippen molar-refractivity contribution in [3.8, 4) is 11.5 Å². The summed E-state index contributed by atoms with van der Waals surface area (Å²) < 4.78 is 18.2. The highest BCUT2D eigenvalue weighted by Crippen LogP contribution is 2.37. The lowest BCUT2D eigenvalue weighted by Crippen LogP contribution is -2.47. The van der Waals surface area contributed by atoms with E-state index in [1.807, 2.05) is 43.3 Å². The molecule has 0 radical (unpaired) electrons. The van der Waals surface area contributed by atoms with Crippen molar-refractivity contribution in [3.63, 3.8) is 0 Å². The molecule has 0 saturated carbocycles. The van der Waals surface area contributed by atoms with Gasteiger partial charge in [0.2, 0.25) is 6.10 Å². The van der Waals surface area contributed by atoms with Gasteiger partial charge in [-0.3, -0.25) is 14.6 Å². The molecule has 9 heteroatoms. The number of fused-ring (bicyclic) bond motifs is 2. The SMILES string of the molecule is Cc1ccc(Cl)c2sc(N(CCCN3CCOCC3)C(=O)C3COc4ccccc4O3)nc12. The number of aromatic nitrogens is 1. The molecule has 0 N–H and O–H groups in total. The normalized spacial score (nSPS) is 18.4. The number of ether oxygens (including phenoxy) is 3. The first kappa shape index (κ1) is 22.4. The number of nitrogens with zero attached hydrogens (tertiary/aromatic N) is 3. The molecule has 1 fully saturated rings. The van der Waals surface area contributed by atoms with Gasteiger partial charge in [0.15, 0.2) is 16.6 Å². The maximum atomic E-state index is 13.7. The highest BCUT2D eigenvalue weighted by Gasteiger charge is 2.33. The van der Waals surface area contributed by atoms with Crippen LogP contribution in [0.1, 0.15) is 12.0 Å². The predicted molar refractivity (Wildman–Crippen MR) is 130 cm³/mol. The van der Waals surface area contributed by atoms with Crippen LogP contribution in [0.2, 0.25) is 5.02 Å². The fourth-order valence-electron chi connectivity index (χ4n) is 4.10. The molecular weight excluding hydrogens is 462 g/mol. The minimum absolute atomic E-state index is 0.153. The molecule has 0 spiro atoms. The fraction of sp³-hybridized carbons (Fsp3) is 0.417. The molecular formula is C24H26ClN3O4S. The molecule has 174 valence electrons. The Kier molecular flexibility index (Phi) is 6.69. The van der Waals surface area contributed by atoms with Crippen LogP contribution in [0.3, 0.4) is 0 Å². The lowest BCUT2D eigenvalue weighted by atomic mass is 10.2. The van der Waals surface area contributed by atoms with Gasteiger partial charge in [0.1, 0.15) is 6.61 Å². The molecule has 33 heavy (non-hydrogen) atoms. The highest BCUT2D eigenvalue weighted by atomic mass is 35.5. The molecule has 2 aliphatic rings. The zero-order chi connectivity index (χ0) is 22.8. The Hall–Kier alpha value is -2.39. The van der Waals surface area contributed by atoms with Crippen molar-refractivity contribution in [2.24, 2.45) is 0 Å². The average molecular weight is 488 g/mol. The van der Waals surface area contributed by atoms with E-state index >= 15 is 0 Å². The van der Waals surface area contributed by atoms with E-state index in [9.17, 15) is 4.79 Å². The topological polar surface area (TPSA) is 64.1 Å². The summed E-state index contributed by atoms with van der Waals surface area (Å²) in [5, 5.41) is 1.28. The van der Waals surface area contributed by atoms with E-state index in [4.69, 9.17) is 30.8 Å². The Balaban J connectivity index is 1.39. The van der Waals surface area contributed by atoms with Crippen LogP contribution in [-0.2, 0) is 9.53 Å². The van der Waals surface area contributed by atoms with Crippen LogP contribution < -0.4 is 14.4 Å². The molecule has 1 aromatic heterocycles.